The van der Waals surface area contributed by atoms with Gasteiger partial charge in [-0.2, -0.15) is 5.26 Å². The maximum absolute atomic E-state index is 9.29. The van der Waals surface area contributed by atoms with Crippen LogP contribution in [0.3, 0.4) is 0 Å². The van der Waals surface area contributed by atoms with E-state index in [1.54, 1.807) is 0 Å². The van der Waals surface area contributed by atoms with Crippen LogP contribution in [0.5, 0.6) is 0 Å². The van der Waals surface area contributed by atoms with Crippen LogP contribution >= 0.6 is 0 Å². The molecule has 2 heterocycles. The van der Waals surface area contributed by atoms with Gasteiger partial charge in [-0.15, -0.1) is 0 Å². The first kappa shape index (κ1) is 15.2. The molecule has 2 aliphatic heterocycles. The molecule has 0 unspecified atom stereocenters. The molecule has 2 aromatic carbocycles. The van der Waals surface area contributed by atoms with Crippen molar-refractivity contribution in [3.05, 3.63) is 76.9 Å². The van der Waals surface area contributed by atoms with E-state index in [9.17, 15) is 5.26 Å². The maximum atomic E-state index is 9.29. The summed E-state index contributed by atoms with van der Waals surface area (Å²) in [5.41, 5.74) is 6.02. The molecule has 120 valence electrons. The Bertz CT molecular complexity index is 814. The number of hydrogen-bond donors (Lipinski definition) is 0. The molecule has 24 heavy (non-hydrogen) atoms. The molecule has 0 radical (unpaired) electrons. The SMILES string of the molecule is Cc1c(C#N)cccc1C1=C[C@H]2CC[C@@H](C1)N2Cc1ccccc1. The Kier molecular flexibility index (Phi) is 3.96. The average Bonchev–Trinajstić information content (AvgIpc) is 2.84. The van der Waals surface area contributed by atoms with Crippen LogP contribution in [0.25, 0.3) is 5.57 Å². The summed E-state index contributed by atoms with van der Waals surface area (Å²) in [4.78, 5) is 2.66. The van der Waals surface area contributed by atoms with Crippen LogP contribution in [-0.2, 0) is 6.54 Å². The molecule has 0 N–H and O–H groups in total. The third kappa shape index (κ3) is 2.66. The number of fused-ring (bicyclic) bond motifs is 2. The molecule has 4 rings (SSSR count). The Morgan fingerprint density at radius 3 is 2.67 bits per heavy atom. The first-order valence-corrected chi connectivity index (χ1v) is 8.76. The molecule has 0 spiro atoms. The summed E-state index contributed by atoms with van der Waals surface area (Å²) in [6.07, 6.45) is 6.07. The zero-order chi connectivity index (χ0) is 16.5. The molecule has 0 aromatic heterocycles. The van der Waals surface area contributed by atoms with E-state index >= 15 is 0 Å². The molecule has 2 aliphatic rings. The third-order valence-corrected chi connectivity index (χ3v) is 5.55. The molecule has 1 saturated heterocycles. The van der Waals surface area contributed by atoms with Gasteiger partial charge in [0, 0.05) is 18.6 Å². The fourth-order valence-corrected chi connectivity index (χ4v) is 4.26. The van der Waals surface area contributed by atoms with Crippen molar-refractivity contribution in [2.24, 2.45) is 0 Å². The van der Waals surface area contributed by atoms with E-state index in [-0.39, 0.29) is 0 Å². The van der Waals surface area contributed by atoms with Gasteiger partial charge >= 0.3 is 0 Å². The molecule has 2 nitrogen and oxygen atoms in total. The predicted molar refractivity (Wildman–Crippen MR) is 97.3 cm³/mol. The van der Waals surface area contributed by atoms with Gasteiger partial charge in [-0.3, -0.25) is 4.90 Å². The Hall–Kier alpha value is -2.37. The van der Waals surface area contributed by atoms with E-state index in [4.69, 9.17) is 0 Å². The van der Waals surface area contributed by atoms with Crippen LogP contribution in [0.4, 0.5) is 0 Å². The van der Waals surface area contributed by atoms with Crippen LogP contribution in [0.15, 0.2) is 54.6 Å². The van der Waals surface area contributed by atoms with Crippen LogP contribution in [0, 0.1) is 18.3 Å². The van der Waals surface area contributed by atoms with Gasteiger partial charge in [-0.05, 0) is 54.5 Å². The Morgan fingerprint density at radius 1 is 1.08 bits per heavy atom. The Morgan fingerprint density at radius 2 is 1.92 bits per heavy atom. The second-order valence-corrected chi connectivity index (χ2v) is 6.94. The van der Waals surface area contributed by atoms with E-state index in [1.807, 2.05) is 12.1 Å². The smallest absolute Gasteiger partial charge is 0.0994 e. The monoisotopic (exact) mass is 314 g/mol. The highest BCUT2D eigenvalue weighted by Gasteiger charge is 2.36. The Labute approximate surface area is 144 Å². The van der Waals surface area contributed by atoms with E-state index < -0.39 is 0 Å². The van der Waals surface area contributed by atoms with Gasteiger partial charge in [-0.1, -0.05) is 48.5 Å². The van der Waals surface area contributed by atoms with Gasteiger partial charge in [0.15, 0.2) is 0 Å². The fourth-order valence-electron chi connectivity index (χ4n) is 4.26. The summed E-state index contributed by atoms with van der Waals surface area (Å²) in [5, 5.41) is 9.29. The predicted octanol–water partition coefficient (Wildman–Crippen LogP) is 4.69. The topological polar surface area (TPSA) is 27.0 Å². The molecule has 0 amide bonds. The number of nitrogens with zero attached hydrogens (tertiary/aromatic N) is 2. The lowest BCUT2D eigenvalue weighted by molar-refractivity contribution is 0.203. The quantitative estimate of drug-likeness (QED) is 0.822. The standard InChI is InChI=1S/C22H22N2/c1-16-18(14-23)8-5-9-22(16)19-12-20-10-11-21(13-19)24(20)15-17-6-3-2-4-7-17/h2-9,12,20-21H,10-11,13,15H2,1H3/t20-,21+/m1/s1. The minimum absolute atomic E-state index is 0.532. The maximum Gasteiger partial charge on any atom is 0.0994 e. The molecule has 2 heteroatoms. The molecular formula is C22H22N2. The first-order chi connectivity index (χ1) is 11.8. The van der Waals surface area contributed by atoms with Gasteiger partial charge in [0.05, 0.1) is 11.6 Å². The highest BCUT2D eigenvalue weighted by atomic mass is 15.2. The Balaban J connectivity index is 1.62. The van der Waals surface area contributed by atoms with Gasteiger partial charge in [0.2, 0.25) is 0 Å². The molecule has 0 aliphatic carbocycles. The van der Waals surface area contributed by atoms with E-state index in [0.29, 0.717) is 12.1 Å². The van der Waals surface area contributed by atoms with Gasteiger partial charge in [0.1, 0.15) is 0 Å². The molecule has 2 atom stereocenters. The van der Waals surface area contributed by atoms with Crippen molar-refractivity contribution in [1.82, 2.24) is 4.90 Å². The van der Waals surface area contributed by atoms with Gasteiger partial charge in [-0.25, -0.2) is 0 Å². The van der Waals surface area contributed by atoms with Crippen LogP contribution in [0.2, 0.25) is 0 Å². The van der Waals surface area contributed by atoms with Crippen molar-refractivity contribution < 1.29 is 0 Å². The van der Waals surface area contributed by atoms with Crippen molar-refractivity contribution in [3.8, 4) is 6.07 Å². The molecule has 0 saturated carbocycles. The highest BCUT2D eigenvalue weighted by molar-refractivity contribution is 5.72. The van der Waals surface area contributed by atoms with Crippen LogP contribution in [-0.4, -0.2) is 17.0 Å². The zero-order valence-electron chi connectivity index (χ0n) is 14.1. The summed E-state index contributed by atoms with van der Waals surface area (Å²) in [6.45, 7) is 3.12. The largest absolute Gasteiger partial charge is 0.289 e. The molecule has 2 bridgehead atoms. The summed E-state index contributed by atoms with van der Waals surface area (Å²) in [7, 11) is 0. The third-order valence-electron chi connectivity index (χ3n) is 5.55. The van der Waals surface area contributed by atoms with Crippen molar-refractivity contribution >= 4 is 5.57 Å². The van der Waals surface area contributed by atoms with Gasteiger partial charge in [0.25, 0.3) is 0 Å². The lowest BCUT2D eigenvalue weighted by Gasteiger charge is -2.34. The molecule has 2 aromatic rings. The van der Waals surface area contributed by atoms with Crippen molar-refractivity contribution in [2.45, 2.75) is 44.8 Å². The summed E-state index contributed by atoms with van der Waals surface area (Å²) in [5.74, 6) is 0. The number of rotatable bonds is 3. The molecular weight excluding hydrogens is 292 g/mol. The van der Waals surface area contributed by atoms with Crippen molar-refractivity contribution in [1.29, 1.82) is 5.26 Å². The normalized spacial score (nSPS) is 22.9. The minimum atomic E-state index is 0.532. The van der Waals surface area contributed by atoms with E-state index in [1.165, 1.54) is 29.5 Å². The minimum Gasteiger partial charge on any atom is -0.289 e. The first-order valence-electron chi connectivity index (χ1n) is 8.76. The summed E-state index contributed by atoms with van der Waals surface area (Å²) >= 11 is 0. The number of benzene rings is 2. The lowest BCUT2D eigenvalue weighted by atomic mass is 9.90. The second kappa shape index (κ2) is 6.26. The average molecular weight is 314 g/mol. The second-order valence-electron chi connectivity index (χ2n) is 6.94. The van der Waals surface area contributed by atoms with Gasteiger partial charge < -0.3 is 0 Å². The molecule has 1 fully saturated rings. The van der Waals surface area contributed by atoms with E-state index in [0.717, 1.165) is 24.1 Å². The zero-order valence-corrected chi connectivity index (χ0v) is 14.1. The summed E-state index contributed by atoms with van der Waals surface area (Å²) < 4.78 is 0. The number of nitriles is 1. The van der Waals surface area contributed by atoms with Crippen LogP contribution < -0.4 is 0 Å². The van der Waals surface area contributed by atoms with Crippen molar-refractivity contribution in [2.75, 3.05) is 0 Å². The fraction of sp³-hybridized carbons (Fsp3) is 0.318. The van der Waals surface area contributed by atoms with Crippen LogP contribution in [0.1, 0.15) is 41.5 Å². The summed E-state index contributed by atoms with van der Waals surface area (Å²) in [6, 6.07) is 20.3. The highest BCUT2D eigenvalue weighted by Crippen LogP contribution is 2.40. The van der Waals surface area contributed by atoms with E-state index in [2.05, 4.69) is 60.4 Å². The lowest BCUT2D eigenvalue weighted by Crippen LogP contribution is -2.37. The van der Waals surface area contributed by atoms with Crippen molar-refractivity contribution in [3.63, 3.8) is 0 Å². The number of hydrogen-bond acceptors (Lipinski definition) is 2.